The molecule has 0 saturated carbocycles. The predicted molar refractivity (Wildman–Crippen MR) is 97.0 cm³/mol. The molecule has 0 aliphatic heterocycles. The molecule has 0 bridgehead atoms. The molecule has 0 radical (unpaired) electrons. The predicted octanol–water partition coefficient (Wildman–Crippen LogP) is 2.75. The lowest BCUT2D eigenvalue weighted by Gasteiger charge is -2.10. The summed E-state index contributed by atoms with van der Waals surface area (Å²) >= 11 is 0. The first-order valence-electron chi connectivity index (χ1n) is 8.07. The van der Waals surface area contributed by atoms with E-state index in [9.17, 15) is 4.79 Å². The zero-order valence-electron chi connectivity index (χ0n) is 14.5. The van der Waals surface area contributed by atoms with E-state index in [1.54, 1.807) is 26.2 Å². The highest BCUT2D eigenvalue weighted by molar-refractivity contribution is 6.03. The van der Waals surface area contributed by atoms with E-state index in [1.165, 1.54) is 0 Å². The number of ether oxygens (including phenoxy) is 1. The summed E-state index contributed by atoms with van der Waals surface area (Å²) in [6.45, 7) is 2.83. The molecule has 3 aromatic rings. The number of amides is 1. The van der Waals surface area contributed by atoms with Gasteiger partial charge in [0.1, 0.15) is 17.3 Å². The highest BCUT2D eigenvalue weighted by Crippen LogP contribution is 2.18. The summed E-state index contributed by atoms with van der Waals surface area (Å²) in [4.78, 5) is 21.4. The Kier molecular flexibility index (Phi) is 5.55. The molecule has 0 saturated heterocycles. The minimum atomic E-state index is -0.396. The number of methoxy groups -OCH3 is 1. The standard InChI is InChI=1S/C18H19N5O3/c1-12-10-16(23-26-12)22-18(24)14-11-15(19-8-9-25-2)21-17(20-14)13-6-4-3-5-7-13/h3-7,10-11H,8-9H2,1-2H3,(H,19,20,21)(H,22,23,24). The number of carbonyl (C=O) groups is 1. The average Bonchev–Trinajstić information content (AvgIpc) is 3.07. The van der Waals surface area contributed by atoms with Crippen LogP contribution in [0.4, 0.5) is 11.6 Å². The van der Waals surface area contributed by atoms with E-state index in [4.69, 9.17) is 9.26 Å². The van der Waals surface area contributed by atoms with Crippen molar-refractivity contribution in [2.45, 2.75) is 6.92 Å². The summed E-state index contributed by atoms with van der Waals surface area (Å²) in [7, 11) is 1.62. The van der Waals surface area contributed by atoms with Crippen molar-refractivity contribution in [3.8, 4) is 11.4 Å². The van der Waals surface area contributed by atoms with Gasteiger partial charge in [-0.25, -0.2) is 9.97 Å². The molecule has 1 aromatic carbocycles. The molecule has 26 heavy (non-hydrogen) atoms. The quantitative estimate of drug-likeness (QED) is 0.630. The van der Waals surface area contributed by atoms with Crippen LogP contribution >= 0.6 is 0 Å². The smallest absolute Gasteiger partial charge is 0.275 e. The van der Waals surface area contributed by atoms with Crippen molar-refractivity contribution in [1.29, 1.82) is 0 Å². The second-order valence-corrected chi connectivity index (χ2v) is 5.52. The van der Waals surface area contributed by atoms with Gasteiger partial charge in [0, 0.05) is 31.4 Å². The fourth-order valence-electron chi connectivity index (χ4n) is 2.26. The minimum absolute atomic E-state index is 0.222. The van der Waals surface area contributed by atoms with Gasteiger partial charge in [-0.15, -0.1) is 0 Å². The van der Waals surface area contributed by atoms with Gasteiger partial charge in [-0.1, -0.05) is 35.5 Å². The highest BCUT2D eigenvalue weighted by atomic mass is 16.5. The lowest BCUT2D eigenvalue weighted by atomic mass is 10.2. The summed E-state index contributed by atoms with van der Waals surface area (Å²) in [5, 5.41) is 9.56. The fourth-order valence-corrected chi connectivity index (χ4v) is 2.26. The van der Waals surface area contributed by atoms with Crippen LogP contribution < -0.4 is 10.6 Å². The molecule has 0 spiro atoms. The number of aryl methyl sites for hydroxylation is 1. The Bertz CT molecular complexity index is 880. The normalized spacial score (nSPS) is 10.5. The average molecular weight is 353 g/mol. The van der Waals surface area contributed by atoms with Crippen LogP contribution in [0, 0.1) is 6.92 Å². The maximum Gasteiger partial charge on any atom is 0.275 e. The first kappa shape index (κ1) is 17.6. The molecule has 134 valence electrons. The summed E-state index contributed by atoms with van der Waals surface area (Å²) in [5.41, 5.74) is 1.04. The molecule has 1 amide bonds. The number of carbonyl (C=O) groups excluding carboxylic acids is 1. The summed E-state index contributed by atoms with van der Waals surface area (Å²) in [5.74, 6) is 1.54. The van der Waals surface area contributed by atoms with E-state index in [0.29, 0.717) is 36.4 Å². The SMILES string of the molecule is COCCNc1cc(C(=O)Nc2cc(C)on2)nc(-c2ccccc2)n1. The minimum Gasteiger partial charge on any atom is -0.383 e. The van der Waals surface area contributed by atoms with Crippen LogP contribution in [-0.2, 0) is 4.74 Å². The van der Waals surface area contributed by atoms with Crippen molar-refractivity contribution in [2.75, 3.05) is 30.9 Å². The topological polar surface area (TPSA) is 102 Å². The van der Waals surface area contributed by atoms with E-state index >= 15 is 0 Å². The lowest BCUT2D eigenvalue weighted by Crippen LogP contribution is -2.16. The van der Waals surface area contributed by atoms with Crippen molar-refractivity contribution in [2.24, 2.45) is 0 Å². The number of anilines is 2. The maximum atomic E-state index is 12.6. The molecule has 2 N–H and O–H groups in total. The first-order valence-corrected chi connectivity index (χ1v) is 8.07. The van der Waals surface area contributed by atoms with Gasteiger partial charge in [0.2, 0.25) is 0 Å². The Hall–Kier alpha value is -3.26. The van der Waals surface area contributed by atoms with Crippen molar-refractivity contribution in [1.82, 2.24) is 15.1 Å². The number of nitrogens with one attached hydrogen (secondary N) is 2. The van der Waals surface area contributed by atoms with Crippen LogP contribution in [0.3, 0.4) is 0 Å². The van der Waals surface area contributed by atoms with E-state index in [1.807, 2.05) is 30.3 Å². The molecular weight excluding hydrogens is 334 g/mol. The van der Waals surface area contributed by atoms with Crippen molar-refractivity contribution < 1.29 is 14.1 Å². The van der Waals surface area contributed by atoms with Gasteiger partial charge in [0.15, 0.2) is 11.6 Å². The van der Waals surface area contributed by atoms with Gasteiger partial charge in [-0.05, 0) is 6.92 Å². The van der Waals surface area contributed by atoms with E-state index in [0.717, 1.165) is 5.56 Å². The van der Waals surface area contributed by atoms with Crippen LogP contribution in [0.1, 0.15) is 16.2 Å². The molecule has 0 atom stereocenters. The monoisotopic (exact) mass is 353 g/mol. The molecule has 8 heteroatoms. The van der Waals surface area contributed by atoms with Crippen molar-refractivity contribution >= 4 is 17.5 Å². The lowest BCUT2D eigenvalue weighted by molar-refractivity contribution is 0.102. The van der Waals surface area contributed by atoms with Crippen LogP contribution in [0.5, 0.6) is 0 Å². The van der Waals surface area contributed by atoms with Crippen LogP contribution in [0.2, 0.25) is 0 Å². The largest absolute Gasteiger partial charge is 0.383 e. The van der Waals surface area contributed by atoms with Gasteiger partial charge in [0.05, 0.1) is 6.61 Å². The first-order chi connectivity index (χ1) is 12.7. The van der Waals surface area contributed by atoms with Crippen LogP contribution in [0.15, 0.2) is 47.0 Å². The summed E-state index contributed by atoms with van der Waals surface area (Å²) in [6.07, 6.45) is 0. The molecule has 0 aliphatic carbocycles. The summed E-state index contributed by atoms with van der Waals surface area (Å²) in [6, 6.07) is 12.7. The zero-order chi connectivity index (χ0) is 18.4. The Morgan fingerprint density at radius 2 is 1.96 bits per heavy atom. The van der Waals surface area contributed by atoms with Crippen molar-refractivity contribution in [3.63, 3.8) is 0 Å². The summed E-state index contributed by atoms with van der Waals surface area (Å²) < 4.78 is 9.99. The molecule has 0 fully saturated rings. The number of hydrogen-bond donors (Lipinski definition) is 2. The Balaban J connectivity index is 1.89. The Morgan fingerprint density at radius 1 is 1.15 bits per heavy atom. The van der Waals surface area contributed by atoms with Gasteiger partial charge >= 0.3 is 0 Å². The molecule has 0 aliphatic rings. The van der Waals surface area contributed by atoms with E-state index in [2.05, 4.69) is 25.8 Å². The highest BCUT2D eigenvalue weighted by Gasteiger charge is 2.14. The number of nitrogens with zero attached hydrogens (tertiary/aromatic N) is 3. The fraction of sp³-hybridized carbons (Fsp3) is 0.222. The third-order valence-electron chi connectivity index (χ3n) is 3.47. The molecular formula is C18H19N5O3. The molecule has 0 unspecified atom stereocenters. The zero-order valence-corrected chi connectivity index (χ0v) is 14.5. The second kappa shape index (κ2) is 8.21. The molecule has 3 rings (SSSR count). The Labute approximate surface area is 150 Å². The number of rotatable bonds is 7. The Morgan fingerprint density at radius 3 is 2.65 bits per heavy atom. The van der Waals surface area contributed by atoms with Crippen molar-refractivity contribution in [3.05, 3.63) is 53.9 Å². The molecule has 2 heterocycles. The van der Waals surface area contributed by atoms with E-state index < -0.39 is 5.91 Å². The van der Waals surface area contributed by atoms with Gasteiger partial charge in [0.25, 0.3) is 5.91 Å². The third-order valence-corrected chi connectivity index (χ3v) is 3.47. The number of aromatic nitrogens is 3. The van der Waals surface area contributed by atoms with Gasteiger partial charge in [-0.2, -0.15) is 0 Å². The maximum absolute atomic E-state index is 12.6. The molecule has 2 aromatic heterocycles. The van der Waals surface area contributed by atoms with Crippen LogP contribution in [0.25, 0.3) is 11.4 Å². The number of hydrogen-bond acceptors (Lipinski definition) is 7. The number of benzene rings is 1. The van der Waals surface area contributed by atoms with E-state index in [-0.39, 0.29) is 5.69 Å². The van der Waals surface area contributed by atoms with Gasteiger partial charge in [-0.3, -0.25) is 4.79 Å². The molecule has 8 nitrogen and oxygen atoms in total. The second-order valence-electron chi connectivity index (χ2n) is 5.52. The third kappa shape index (κ3) is 4.42. The van der Waals surface area contributed by atoms with Gasteiger partial charge < -0.3 is 19.9 Å². The van der Waals surface area contributed by atoms with Crippen LogP contribution in [-0.4, -0.2) is 41.3 Å².